The molecule has 1 aliphatic carbocycles. The summed E-state index contributed by atoms with van der Waals surface area (Å²) in [5.74, 6) is -0.0901. The SMILES string of the molecule is CCS(=O)(=O)N[C@H]1CC[C@H](CNc2cc(C(=O)N3CCCC3)cc(C(F)(F)F)c2)CC1. The Morgan fingerprint density at radius 2 is 1.74 bits per heavy atom. The molecule has 6 nitrogen and oxygen atoms in total. The molecule has 1 heterocycles. The summed E-state index contributed by atoms with van der Waals surface area (Å²) in [6.45, 7) is 3.22. The Morgan fingerprint density at radius 1 is 1.10 bits per heavy atom. The molecular formula is C21H30F3N3O3S. The number of carbonyl (C=O) groups excluding carboxylic acids is 1. The first kappa shape index (κ1) is 23.8. The molecular weight excluding hydrogens is 431 g/mol. The minimum atomic E-state index is -4.54. The summed E-state index contributed by atoms with van der Waals surface area (Å²) in [6.07, 6.45) is 0.163. The van der Waals surface area contributed by atoms with Crippen molar-refractivity contribution in [3.63, 3.8) is 0 Å². The van der Waals surface area contributed by atoms with E-state index in [0.717, 1.165) is 37.8 Å². The van der Waals surface area contributed by atoms with Crippen LogP contribution in [0.3, 0.4) is 0 Å². The third kappa shape index (κ3) is 6.58. The third-order valence-electron chi connectivity index (χ3n) is 6.07. The number of nitrogens with zero attached hydrogens (tertiary/aromatic N) is 1. The Kier molecular flexibility index (Phi) is 7.51. The van der Waals surface area contributed by atoms with Crippen molar-refractivity contribution in [2.75, 3.05) is 30.7 Å². The molecule has 31 heavy (non-hydrogen) atoms. The zero-order chi connectivity index (χ0) is 22.6. The highest BCUT2D eigenvalue weighted by atomic mass is 32.2. The van der Waals surface area contributed by atoms with Crippen molar-refractivity contribution < 1.29 is 26.4 Å². The highest BCUT2D eigenvalue weighted by Crippen LogP contribution is 2.33. The van der Waals surface area contributed by atoms with E-state index in [4.69, 9.17) is 0 Å². The molecule has 2 fully saturated rings. The summed E-state index contributed by atoms with van der Waals surface area (Å²) in [7, 11) is -3.24. The van der Waals surface area contributed by atoms with E-state index in [0.29, 0.717) is 32.5 Å². The van der Waals surface area contributed by atoms with Crippen molar-refractivity contribution in [3.05, 3.63) is 29.3 Å². The van der Waals surface area contributed by atoms with Crippen LogP contribution in [0.4, 0.5) is 18.9 Å². The van der Waals surface area contributed by atoms with Crippen LogP contribution in [0.25, 0.3) is 0 Å². The number of alkyl halides is 3. The number of carbonyl (C=O) groups is 1. The van der Waals surface area contributed by atoms with Crippen LogP contribution in [0.2, 0.25) is 0 Å². The van der Waals surface area contributed by atoms with Crippen LogP contribution >= 0.6 is 0 Å². The van der Waals surface area contributed by atoms with Gasteiger partial charge in [-0.15, -0.1) is 0 Å². The minimum Gasteiger partial charge on any atom is -0.385 e. The summed E-state index contributed by atoms with van der Waals surface area (Å²) in [4.78, 5) is 14.2. The normalized spacial score (nSPS) is 22.5. The van der Waals surface area contributed by atoms with Crippen molar-refractivity contribution in [3.8, 4) is 0 Å². The second-order valence-corrected chi connectivity index (χ2v) is 10.5. The highest BCUT2D eigenvalue weighted by Gasteiger charge is 2.33. The van der Waals surface area contributed by atoms with Gasteiger partial charge >= 0.3 is 6.18 Å². The van der Waals surface area contributed by atoms with Gasteiger partial charge < -0.3 is 10.2 Å². The van der Waals surface area contributed by atoms with Crippen molar-refractivity contribution in [2.45, 2.75) is 57.7 Å². The molecule has 0 bridgehead atoms. The number of likely N-dealkylation sites (tertiary alicyclic amines) is 1. The summed E-state index contributed by atoms with van der Waals surface area (Å²) in [5.41, 5.74) is -0.499. The molecule has 1 saturated carbocycles. The lowest BCUT2D eigenvalue weighted by molar-refractivity contribution is -0.137. The Balaban J connectivity index is 1.63. The highest BCUT2D eigenvalue weighted by molar-refractivity contribution is 7.89. The second-order valence-electron chi connectivity index (χ2n) is 8.42. The summed E-state index contributed by atoms with van der Waals surface area (Å²) in [6, 6.07) is 3.38. The van der Waals surface area contributed by atoms with Crippen LogP contribution in [-0.4, -0.2) is 50.7 Å². The van der Waals surface area contributed by atoms with Crippen molar-refractivity contribution >= 4 is 21.6 Å². The summed E-state index contributed by atoms with van der Waals surface area (Å²) in [5, 5.41) is 3.08. The number of rotatable bonds is 7. The van der Waals surface area contributed by atoms with Gasteiger partial charge in [-0.1, -0.05) is 0 Å². The zero-order valence-electron chi connectivity index (χ0n) is 17.7. The quantitative estimate of drug-likeness (QED) is 0.647. The first-order chi connectivity index (χ1) is 14.6. The van der Waals surface area contributed by atoms with Gasteiger partial charge in [0.1, 0.15) is 0 Å². The van der Waals surface area contributed by atoms with Gasteiger partial charge in [-0.2, -0.15) is 13.2 Å². The number of hydrogen-bond acceptors (Lipinski definition) is 4. The van der Waals surface area contributed by atoms with Gasteiger partial charge in [0.25, 0.3) is 5.91 Å². The second kappa shape index (κ2) is 9.77. The monoisotopic (exact) mass is 461 g/mol. The van der Waals surface area contributed by atoms with Gasteiger partial charge in [-0.05, 0) is 69.6 Å². The van der Waals surface area contributed by atoms with Crippen molar-refractivity contribution in [1.82, 2.24) is 9.62 Å². The predicted octanol–water partition coefficient (Wildman–Crippen LogP) is 3.85. The van der Waals surface area contributed by atoms with Crippen LogP contribution in [-0.2, 0) is 16.2 Å². The van der Waals surface area contributed by atoms with Gasteiger partial charge in [0.2, 0.25) is 10.0 Å². The molecule has 1 aromatic carbocycles. The molecule has 1 amide bonds. The van der Waals surface area contributed by atoms with Crippen LogP contribution in [0, 0.1) is 5.92 Å². The van der Waals surface area contributed by atoms with Gasteiger partial charge in [-0.25, -0.2) is 13.1 Å². The Bertz CT molecular complexity index is 876. The fourth-order valence-electron chi connectivity index (χ4n) is 4.20. The van der Waals surface area contributed by atoms with E-state index in [1.165, 1.54) is 6.07 Å². The molecule has 3 rings (SSSR count). The Morgan fingerprint density at radius 3 is 2.32 bits per heavy atom. The van der Waals surface area contributed by atoms with Crippen LogP contribution in [0.1, 0.15) is 61.4 Å². The topological polar surface area (TPSA) is 78.5 Å². The average Bonchev–Trinajstić information content (AvgIpc) is 3.26. The molecule has 0 atom stereocenters. The number of sulfonamides is 1. The molecule has 2 aliphatic rings. The van der Waals surface area contributed by atoms with Gasteiger partial charge in [0.05, 0.1) is 11.3 Å². The number of nitrogens with one attached hydrogen (secondary N) is 2. The first-order valence-electron chi connectivity index (χ1n) is 10.8. The zero-order valence-corrected chi connectivity index (χ0v) is 18.5. The molecule has 1 saturated heterocycles. The predicted molar refractivity (Wildman–Crippen MR) is 113 cm³/mol. The van der Waals surface area contributed by atoms with E-state index in [-0.39, 0.29) is 34.9 Å². The van der Waals surface area contributed by atoms with E-state index in [1.54, 1.807) is 11.8 Å². The lowest BCUT2D eigenvalue weighted by Crippen LogP contribution is -2.39. The van der Waals surface area contributed by atoms with Gasteiger partial charge in [-0.3, -0.25) is 4.79 Å². The molecule has 0 spiro atoms. The number of halogens is 3. The smallest absolute Gasteiger partial charge is 0.385 e. The number of amides is 1. The molecule has 10 heteroatoms. The van der Waals surface area contributed by atoms with Gasteiger partial charge in [0, 0.05) is 36.9 Å². The maximum atomic E-state index is 13.4. The molecule has 2 N–H and O–H groups in total. The molecule has 0 aromatic heterocycles. The van der Waals surface area contributed by atoms with Crippen molar-refractivity contribution in [1.29, 1.82) is 0 Å². The van der Waals surface area contributed by atoms with Crippen molar-refractivity contribution in [2.24, 2.45) is 5.92 Å². The van der Waals surface area contributed by atoms with E-state index in [2.05, 4.69) is 10.0 Å². The molecule has 174 valence electrons. The van der Waals surface area contributed by atoms with Crippen LogP contribution in [0.15, 0.2) is 18.2 Å². The number of anilines is 1. The van der Waals surface area contributed by atoms with Crippen LogP contribution < -0.4 is 10.0 Å². The Labute approximate surface area is 181 Å². The van der Waals surface area contributed by atoms with E-state index in [1.807, 2.05) is 0 Å². The largest absolute Gasteiger partial charge is 0.416 e. The summed E-state index contributed by atoms with van der Waals surface area (Å²) < 4.78 is 66.3. The minimum absolute atomic E-state index is 0.0442. The maximum absolute atomic E-state index is 13.4. The Hall–Kier alpha value is -1.81. The van der Waals surface area contributed by atoms with Gasteiger partial charge in [0.15, 0.2) is 0 Å². The molecule has 1 aliphatic heterocycles. The molecule has 0 unspecified atom stereocenters. The average molecular weight is 462 g/mol. The third-order valence-corrected chi connectivity index (χ3v) is 7.52. The fraction of sp³-hybridized carbons (Fsp3) is 0.667. The number of benzene rings is 1. The lowest BCUT2D eigenvalue weighted by Gasteiger charge is -2.29. The van der Waals surface area contributed by atoms with E-state index < -0.39 is 21.8 Å². The standard InChI is InChI=1S/C21H30F3N3O3S/c1-2-31(29,30)26-18-7-5-15(6-8-18)14-25-19-12-16(11-17(13-19)21(22,23)24)20(28)27-9-3-4-10-27/h11-13,15,18,25-26H,2-10,14H2,1H3/t15-,18-. The van der Waals surface area contributed by atoms with E-state index >= 15 is 0 Å². The lowest BCUT2D eigenvalue weighted by atomic mass is 9.86. The summed E-state index contributed by atoms with van der Waals surface area (Å²) >= 11 is 0. The van der Waals surface area contributed by atoms with E-state index in [9.17, 15) is 26.4 Å². The molecule has 1 aromatic rings. The number of hydrogen-bond donors (Lipinski definition) is 2. The fourth-order valence-corrected chi connectivity index (χ4v) is 5.11. The first-order valence-corrected chi connectivity index (χ1v) is 12.5. The maximum Gasteiger partial charge on any atom is 0.416 e. The molecule has 0 radical (unpaired) electrons. The van der Waals surface area contributed by atoms with Crippen LogP contribution in [0.5, 0.6) is 0 Å².